The molecule has 0 rings (SSSR count). The average molecular weight is 271 g/mol. The minimum Gasteiger partial charge on any atom is -0.382 e. The second-order valence-corrected chi connectivity index (χ2v) is 5.91. The van der Waals surface area contributed by atoms with Crippen LogP contribution in [-0.4, -0.2) is 34.4 Å². The summed E-state index contributed by atoms with van der Waals surface area (Å²) in [6.45, 7) is 8.96. The van der Waals surface area contributed by atoms with Crippen molar-refractivity contribution in [1.29, 1.82) is 0 Å². The van der Waals surface area contributed by atoms with E-state index in [0.717, 1.165) is 19.3 Å². The maximum atomic E-state index is 12.0. The molecular formula is C15H29NO3. The van der Waals surface area contributed by atoms with Gasteiger partial charge in [0.1, 0.15) is 5.60 Å². The first-order valence-electron chi connectivity index (χ1n) is 7.21. The molecule has 19 heavy (non-hydrogen) atoms. The number of carbonyl (C=O) groups is 2. The lowest BCUT2D eigenvalue weighted by atomic mass is 9.92. The average Bonchev–Trinajstić information content (AvgIpc) is 2.36. The van der Waals surface area contributed by atoms with Crippen LogP contribution in [0.4, 0.5) is 0 Å². The fraction of sp³-hybridized carbons (Fsp3) is 0.867. The number of carbonyl (C=O) groups excluding carboxylic acids is 2. The normalized spacial score (nSPS) is 15.1. The third kappa shape index (κ3) is 6.30. The van der Waals surface area contributed by atoms with Crippen molar-refractivity contribution >= 4 is 11.6 Å². The Hall–Kier alpha value is -0.740. The highest BCUT2D eigenvalue weighted by Crippen LogP contribution is 2.13. The van der Waals surface area contributed by atoms with E-state index in [9.17, 15) is 14.7 Å². The Morgan fingerprint density at radius 2 is 1.63 bits per heavy atom. The highest BCUT2D eigenvalue weighted by atomic mass is 16.3. The van der Waals surface area contributed by atoms with Crippen LogP contribution < -0.4 is 5.32 Å². The molecule has 0 spiro atoms. The standard InChI is InChI=1S/C15H29NO3/c1-6-8-9-10-12(17)14(3,4)16-11-13(18)15(5,19)7-2/h16,19H,6-11H2,1-5H3. The summed E-state index contributed by atoms with van der Waals surface area (Å²) in [7, 11) is 0. The molecule has 0 radical (unpaired) electrons. The summed E-state index contributed by atoms with van der Waals surface area (Å²) in [4.78, 5) is 23.8. The molecule has 0 aromatic carbocycles. The van der Waals surface area contributed by atoms with E-state index in [4.69, 9.17) is 0 Å². The maximum absolute atomic E-state index is 12.0. The van der Waals surface area contributed by atoms with Gasteiger partial charge >= 0.3 is 0 Å². The van der Waals surface area contributed by atoms with Gasteiger partial charge in [-0.15, -0.1) is 0 Å². The van der Waals surface area contributed by atoms with Gasteiger partial charge in [-0.1, -0.05) is 26.7 Å². The molecule has 0 amide bonds. The van der Waals surface area contributed by atoms with Crippen molar-refractivity contribution in [3.63, 3.8) is 0 Å². The highest BCUT2D eigenvalue weighted by Gasteiger charge is 2.31. The first kappa shape index (κ1) is 18.3. The van der Waals surface area contributed by atoms with Crippen LogP contribution in [-0.2, 0) is 9.59 Å². The zero-order valence-corrected chi connectivity index (χ0v) is 13.0. The summed E-state index contributed by atoms with van der Waals surface area (Å²) in [5.41, 5.74) is -2.03. The molecule has 0 saturated carbocycles. The van der Waals surface area contributed by atoms with Crippen molar-refractivity contribution < 1.29 is 14.7 Å². The fourth-order valence-electron chi connectivity index (χ4n) is 1.64. The van der Waals surface area contributed by atoms with Crippen molar-refractivity contribution in [2.24, 2.45) is 0 Å². The lowest BCUT2D eigenvalue weighted by Crippen LogP contribution is -2.51. The van der Waals surface area contributed by atoms with Crippen LogP contribution in [0.15, 0.2) is 0 Å². The van der Waals surface area contributed by atoms with Gasteiger partial charge in [0.25, 0.3) is 0 Å². The molecular weight excluding hydrogens is 242 g/mol. The second-order valence-electron chi connectivity index (χ2n) is 5.91. The predicted molar refractivity (Wildman–Crippen MR) is 77.2 cm³/mol. The van der Waals surface area contributed by atoms with Crippen molar-refractivity contribution in [3.8, 4) is 0 Å². The molecule has 0 aliphatic heterocycles. The summed E-state index contributed by atoms with van der Waals surface area (Å²) in [5.74, 6) is -0.158. The summed E-state index contributed by atoms with van der Waals surface area (Å²) in [6, 6.07) is 0. The molecule has 0 aliphatic carbocycles. The molecule has 4 heteroatoms. The predicted octanol–water partition coefficient (Wildman–Crippen LogP) is 2.23. The van der Waals surface area contributed by atoms with Crippen LogP contribution in [0, 0.1) is 0 Å². The maximum Gasteiger partial charge on any atom is 0.177 e. The fourth-order valence-corrected chi connectivity index (χ4v) is 1.64. The number of Topliss-reactive ketones (excluding diaryl/α,β-unsaturated/α-hetero) is 2. The van der Waals surface area contributed by atoms with Gasteiger partial charge in [0.2, 0.25) is 0 Å². The van der Waals surface area contributed by atoms with Crippen LogP contribution in [0.25, 0.3) is 0 Å². The lowest BCUT2D eigenvalue weighted by Gasteiger charge is -2.27. The minimum atomic E-state index is -1.31. The number of rotatable bonds is 10. The Balaban J connectivity index is 4.30. The Morgan fingerprint density at radius 3 is 2.11 bits per heavy atom. The van der Waals surface area contributed by atoms with Crippen molar-refractivity contribution in [2.75, 3.05) is 6.54 Å². The number of hydrogen-bond donors (Lipinski definition) is 2. The number of unbranched alkanes of at least 4 members (excludes halogenated alkanes) is 2. The minimum absolute atomic E-state index is 0.0212. The van der Waals surface area contributed by atoms with E-state index in [1.807, 2.05) is 0 Å². The second kappa shape index (κ2) is 7.75. The van der Waals surface area contributed by atoms with Crippen molar-refractivity contribution in [1.82, 2.24) is 5.32 Å². The van der Waals surface area contributed by atoms with Gasteiger partial charge in [-0.05, 0) is 33.6 Å². The zero-order valence-electron chi connectivity index (χ0n) is 13.0. The van der Waals surface area contributed by atoms with E-state index in [2.05, 4.69) is 12.2 Å². The molecule has 0 bridgehead atoms. The van der Waals surface area contributed by atoms with Gasteiger partial charge in [0, 0.05) is 6.42 Å². The van der Waals surface area contributed by atoms with E-state index in [1.165, 1.54) is 6.92 Å². The summed E-state index contributed by atoms with van der Waals surface area (Å²) in [5, 5.41) is 12.8. The molecule has 1 atom stereocenters. The third-order valence-corrected chi connectivity index (χ3v) is 3.68. The Kier molecular flexibility index (Phi) is 7.45. The topological polar surface area (TPSA) is 66.4 Å². The largest absolute Gasteiger partial charge is 0.382 e. The summed E-state index contributed by atoms with van der Waals surface area (Å²) >= 11 is 0. The van der Waals surface area contributed by atoms with Crippen molar-refractivity contribution in [2.45, 2.75) is 77.9 Å². The van der Waals surface area contributed by atoms with Crippen LogP contribution in [0.3, 0.4) is 0 Å². The van der Waals surface area contributed by atoms with Crippen LogP contribution >= 0.6 is 0 Å². The molecule has 0 aromatic rings. The molecule has 1 unspecified atom stereocenters. The van der Waals surface area contributed by atoms with E-state index < -0.39 is 11.1 Å². The molecule has 4 nitrogen and oxygen atoms in total. The molecule has 0 heterocycles. The molecule has 0 aliphatic rings. The van der Waals surface area contributed by atoms with Gasteiger partial charge in [0.15, 0.2) is 11.6 Å². The summed E-state index contributed by atoms with van der Waals surface area (Å²) < 4.78 is 0. The molecule has 0 aromatic heterocycles. The molecule has 0 saturated heterocycles. The Morgan fingerprint density at radius 1 is 1.05 bits per heavy atom. The number of hydrogen-bond acceptors (Lipinski definition) is 4. The smallest absolute Gasteiger partial charge is 0.177 e. The molecule has 112 valence electrons. The van der Waals surface area contributed by atoms with Crippen LogP contribution in [0.5, 0.6) is 0 Å². The van der Waals surface area contributed by atoms with E-state index in [-0.39, 0.29) is 18.1 Å². The third-order valence-electron chi connectivity index (χ3n) is 3.68. The van der Waals surface area contributed by atoms with Gasteiger partial charge < -0.3 is 5.11 Å². The first-order valence-corrected chi connectivity index (χ1v) is 7.21. The number of ketones is 2. The number of aliphatic hydroxyl groups is 1. The quantitative estimate of drug-likeness (QED) is 0.598. The Labute approximate surface area is 117 Å². The van der Waals surface area contributed by atoms with Gasteiger partial charge in [-0.2, -0.15) is 0 Å². The van der Waals surface area contributed by atoms with E-state index in [1.54, 1.807) is 20.8 Å². The monoisotopic (exact) mass is 271 g/mol. The van der Waals surface area contributed by atoms with Crippen LogP contribution in [0.2, 0.25) is 0 Å². The van der Waals surface area contributed by atoms with Crippen molar-refractivity contribution in [3.05, 3.63) is 0 Å². The van der Waals surface area contributed by atoms with E-state index in [0.29, 0.717) is 12.8 Å². The van der Waals surface area contributed by atoms with E-state index >= 15 is 0 Å². The zero-order chi connectivity index (χ0) is 15.1. The summed E-state index contributed by atoms with van der Waals surface area (Å²) in [6.07, 6.45) is 3.93. The first-order chi connectivity index (χ1) is 8.67. The van der Waals surface area contributed by atoms with Gasteiger partial charge in [-0.3, -0.25) is 14.9 Å². The molecule has 2 N–H and O–H groups in total. The highest BCUT2D eigenvalue weighted by molar-refractivity contribution is 5.91. The Bertz CT molecular complexity index is 309. The van der Waals surface area contributed by atoms with Gasteiger partial charge in [0.05, 0.1) is 12.1 Å². The van der Waals surface area contributed by atoms with Gasteiger partial charge in [-0.25, -0.2) is 0 Å². The SMILES string of the molecule is CCCCCC(=O)C(C)(C)NCC(=O)C(C)(O)CC. The lowest BCUT2D eigenvalue weighted by molar-refractivity contribution is -0.135. The number of nitrogens with one attached hydrogen (secondary N) is 1. The molecule has 0 fully saturated rings. The van der Waals surface area contributed by atoms with Crippen LogP contribution in [0.1, 0.15) is 66.7 Å².